The van der Waals surface area contributed by atoms with Crippen molar-refractivity contribution in [1.82, 2.24) is 9.97 Å². The van der Waals surface area contributed by atoms with Gasteiger partial charge in [0.1, 0.15) is 5.82 Å². The van der Waals surface area contributed by atoms with Crippen molar-refractivity contribution in [3.8, 4) is 0 Å². The molecule has 2 heterocycles. The number of aromatic nitrogens is 2. The molecular formula is C19H17N3O2. The minimum atomic E-state index is -0.158. The number of hydrogen-bond donors (Lipinski definition) is 1. The minimum Gasteiger partial charge on any atom is -0.312 e. The number of anilines is 1. The molecule has 120 valence electrons. The number of fused-ring (bicyclic) bond motifs is 2. The fourth-order valence-electron chi connectivity index (χ4n) is 3.21. The third-order valence-corrected chi connectivity index (χ3v) is 4.43. The first-order valence-corrected chi connectivity index (χ1v) is 8.08. The molecule has 1 aliphatic heterocycles. The van der Waals surface area contributed by atoms with Gasteiger partial charge in [-0.1, -0.05) is 30.3 Å². The summed E-state index contributed by atoms with van der Waals surface area (Å²) in [6.07, 6.45) is 1.65. The van der Waals surface area contributed by atoms with E-state index in [1.165, 1.54) is 5.56 Å². The Morgan fingerprint density at radius 1 is 1.12 bits per heavy atom. The standard InChI is InChI=1S/C19H17N3O2/c23-18(22-12-11-13-5-1-4-8-16(13)22)10-9-17-20-15-7-3-2-6-14(15)19(24)21-17/h1-8H,9-12H2,(H,20,21,24). The van der Waals surface area contributed by atoms with Crippen LogP contribution in [-0.2, 0) is 17.6 Å². The lowest BCUT2D eigenvalue weighted by atomic mass is 10.2. The van der Waals surface area contributed by atoms with Gasteiger partial charge in [0.05, 0.1) is 10.9 Å². The van der Waals surface area contributed by atoms with E-state index >= 15 is 0 Å². The first-order chi connectivity index (χ1) is 11.7. The summed E-state index contributed by atoms with van der Waals surface area (Å²) in [6.45, 7) is 0.722. The fraction of sp³-hybridized carbons (Fsp3) is 0.211. The number of carbonyl (C=O) groups excluding carboxylic acids is 1. The van der Waals surface area contributed by atoms with E-state index in [-0.39, 0.29) is 11.5 Å². The molecule has 4 rings (SSSR count). The quantitative estimate of drug-likeness (QED) is 0.806. The number of carbonyl (C=O) groups is 1. The van der Waals surface area contributed by atoms with Crippen molar-refractivity contribution in [2.24, 2.45) is 0 Å². The Kier molecular flexibility index (Phi) is 3.61. The number of aryl methyl sites for hydroxylation is 1. The van der Waals surface area contributed by atoms with Crippen LogP contribution in [0.4, 0.5) is 5.69 Å². The van der Waals surface area contributed by atoms with Gasteiger partial charge in [-0.15, -0.1) is 0 Å². The fourth-order valence-corrected chi connectivity index (χ4v) is 3.21. The van der Waals surface area contributed by atoms with Gasteiger partial charge in [0.25, 0.3) is 5.56 Å². The van der Waals surface area contributed by atoms with Gasteiger partial charge in [-0.05, 0) is 30.2 Å². The zero-order valence-corrected chi connectivity index (χ0v) is 13.2. The van der Waals surface area contributed by atoms with Gasteiger partial charge in [-0.25, -0.2) is 4.98 Å². The van der Waals surface area contributed by atoms with E-state index in [4.69, 9.17) is 0 Å². The third-order valence-electron chi connectivity index (χ3n) is 4.43. The number of rotatable bonds is 3. The number of H-pyrrole nitrogens is 1. The summed E-state index contributed by atoms with van der Waals surface area (Å²) in [5.41, 5.74) is 2.72. The Balaban J connectivity index is 1.51. The normalized spacial score (nSPS) is 13.2. The molecule has 1 aliphatic rings. The molecular weight excluding hydrogens is 302 g/mol. The maximum atomic E-state index is 12.5. The van der Waals surface area contributed by atoms with Crippen LogP contribution >= 0.6 is 0 Å². The third kappa shape index (κ3) is 2.58. The van der Waals surface area contributed by atoms with E-state index in [2.05, 4.69) is 16.0 Å². The number of nitrogens with one attached hydrogen (secondary N) is 1. The number of nitrogens with zero attached hydrogens (tertiary/aromatic N) is 2. The van der Waals surface area contributed by atoms with Crippen molar-refractivity contribution < 1.29 is 4.79 Å². The predicted octanol–water partition coefficient (Wildman–Crippen LogP) is 2.45. The van der Waals surface area contributed by atoms with Crippen molar-refractivity contribution in [3.63, 3.8) is 0 Å². The molecule has 3 aromatic rings. The Bertz CT molecular complexity index is 978. The Morgan fingerprint density at radius 3 is 2.83 bits per heavy atom. The van der Waals surface area contributed by atoms with E-state index in [9.17, 15) is 9.59 Å². The molecule has 0 unspecified atom stereocenters. The van der Waals surface area contributed by atoms with E-state index < -0.39 is 0 Å². The molecule has 5 heteroatoms. The molecule has 0 radical (unpaired) electrons. The van der Waals surface area contributed by atoms with Crippen molar-refractivity contribution in [1.29, 1.82) is 0 Å². The molecule has 0 fully saturated rings. The average Bonchev–Trinajstić information content (AvgIpc) is 3.04. The zero-order valence-electron chi connectivity index (χ0n) is 13.2. The summed E-state index contributed by atoms with van der Waals surface area (Å²) in [6, 6.07) is 15.2. The summed E-state index contributed by atoms with van der Waals surface area (Å²) in [7, 11) is 0. The van der Waals surface area contributed by atoms with Crippen LogP contribution < -0.4 is 10.5 Å². The van der Waals surface area contributed by atoms with E-state index in [1.807, 2.05) is 41.3 Å². The van der Waals surface area contributed by atoms with Crippen LogP contribution in [0.25, 0.3) is 10.9 Å². The van der Waals surface area contributed by atoms with E-state index in [0.29, 0.717) is 29.6 Å². The van der Waals surface area contributed by atoms with E-state index in [0.717, 1.165) is 18.7 Å². The number of para-hydroxylation sites is 2. The molecule has 0 saturated heterocycles. The molecule has 2 aromatic carbocycles. The van der Waals surface area contributed by atoms with Crippen molar-refractivity contribution in [2.75, 3.05) is 11.4 Å². The van der Waals surface area contributed by atoms with Crippen LogP contribution in [0.15, 0.2) is 53.3 Å². The number of hydrogen-bond acceptors (Lipinski definition) is 3. The first-order valence-electron chi connectivity index (χ1n) is 8.08. The smallest absolute Gasteiger partial charge is 0.258 e. The number of benzene rings is 2. The second kappa shape index (κ2) is 5.92. The van der Waals surface area contributed by atoms with E-state index in [1.54, 1.807) is 6.07 Å². The second-order valence-electron chi connectivity index (χ2n) is 5.95. The van der Waals surface area contributed by atoms with Crippen LogP contribution in [0.2, 0.25) is 0 Å². The Labute approximate surface area is 139 Å². The molecule has 0 saturated carbocycles. The lowest BCUT2D eigenvalue weighted by molar-refractivity contribution is -0.118. The zero-order chi connectivity index (χ0) is 16.5. The number of amides is 1. The Hall–Kier alpha value is -2.95. The second-order valence-corrected chi connectivity index (χ2v) is 5.95. The van der Waals surface area contributed by atoms with Gasteiger partial charge in [0, 0.05) is 25.1 Å². The van der Waals surface area contributed by atoms with Crippen molar-refractivity contribution in [3.05, 3.63) is 70.3 Å². The molecule has 0 spiro atoms. The summed E-state index contributed by atoms with van der Waals surface area (Å²) < 4.78 is 0. The summed E-state index contributed by atoms with van der Waals surface area (Å²) in [4.78, 5) is 33.7. The van der Waals surface area contributed by atoms with Crippen LogP contribution in [-0.4, -0.2) is 22.4 Å². The summed E-state index contributed by atoms with van der Waals surface area (Å²) in [5.74, 6) is 0.621. The highest BCUT2D eigenvalue weighted by Gasteiger charge is 2.23. The van der Waals surface area contributed by atoms with Crippen molar-refractivity contribution in [2.45, 2.75) is 19.3 Å². The van der Waals surface area contributed by atoms with Gasteiger partial charge < -0.3 is 9.88 Å². The molecule has 1 aromatic heterocycles. The molecule has 24 heavy (non-hydrogen) atoms. The van der Waals surface area contributed by atoms with Gasteiger partial charge in [-0.2, -0.15) is 0 Å². The molecule has 5 nitrogen and oxygen atoms in total. The van der Waals surface area contributed by atoms with Gasteiger partial charge >= 0.3 is 0 Å². The van der Waals surface area contributed by atoms with Crippen molar-refractivity contribution >= 4 is 22.5 Å². The SMILES string of the molecule is O=C(CCc1nc2ccccc2c(=O)[nH]1)N1CCc2ccccc21. The van der Waals surface area contributed by atoms with Gasteiger partial charge in [0.2, 0.25) is 5.91 Å². The maximum Gasteiger partial charge on any atom is 0.258 e. The molecule has 0 bridgehead atoms. The van der Waals surface area contributed by atoms with Crippen LogP contribution in [0.5, 0.6) is 0 Å². The van der Waals surface area contributed by atoms with Crippen LogP contribution in [0, 0.1) is 0 Å². The summed E-state index contributed by atoms with van der Waals surface area (Å²) in [5, 5.41) is 0.570. The van der Waals surface area contributed by atoms with Crippen LogP contribution in [0.1, 0.15) is 17.8 Å². The van der Waals surface area contributed by atoms with Crippen LogP contribution in [0.3, 0.4) is 0 Å². The maximum absolute atomic E-state index is 12.5. The Morgan fingerprint density at radius 2 is 1.92 bits per heavy atom. The minimum absolute atomic E-state index is 0.0655. The topological polar surface area (TPSA) is 66.1 Å². The molecule has 1 N–H and O–H groups in total. The largest absolute Gasteiger partial charge is 0.312 e. The first kappa shape index (κ1) is 14.6. The lowest BCUT2D eigenvalue weighted by Gasteiger charge is -2.17. The highest BCUT2D eigenvalue weighted by atomic mass is 16.2. The predicted molar refractivity (Wildman–Crippen MR) is 93.2 cm³/mol. The monoisotopic (exact) mass is 319 g/mol. The average molecular weight is 319 g/mol. The van der Waals surface area contributed by atoms with Gasteiger partial charge in [0.15, 0.2) is 0 Å². The highest BCUT2D eigenvalue weighted by Crippen LogP contribution is 2.28. The highest BCUT2D eigenvalue weighted by molar-refractivity contribution is 5.95. The lowest BCUT2D eigenvalue weighted by Crippen LogP contribution is -2.29. The molecule has 1 amide bonds. The molecule has 0 aliphatic carbocycles. The molecule has 0 atom stereocenters. The number of aromatic amines is 1. The summed E-state index contributed by atoms with van der Waals surface area (Å²) >= 11 is 0. The van der Waals surface area contributed by atoms with Gasteiger partial charge in [-0.3, -0.25) is 9.59 Å².